The number of hydrogen-bond acceptors (Lipinski definition) is 9. The molecule has 0 aromatic carbocycles. The van der Waals surface area contributed by atoms with Gasteiger partial charge in [0, 0.05) is 23.1 Å². The molecule has 16 nitrogen and oxygen atoms in total. The number of hydrogen-bond donors (Lipinski definition) is 5. The molecule has 2 rings (SSSR count). The molecule has 1 fully saturated rings. The zero-order valence-electron chi connectivity index (χ0n) is 14.0. The number of aromatic amines is 1. The maximum Gasteiger partial charge on any atom is 0.481 e. The van der Waals surface area contributed by atoms with Gasteiger partial charge >= 0.3 is 21.3 Å². The first kappa shape index (κ1) is 22.5. The largest absolute Gasteiger partial charge is 0.481 e. The Morgan fingerprint density at radius 2 is 2.11 bits per heavy atom. The molecule has 5 N–H and O–H groups in total. The second-order valence-electron chi connectivity index (χ2n) is 5.65. The van der Waals surface area contributed by atoms with Crippen LogP contribution in [0.4, 0.5) is 0 Å². The van der Waals surface area contributed by atoms with Gasteiger partial charge in [0.25, 0.3) is 5.56 Å². The molecule has 1 aromatic rings. The molecule has 1 aromatic heterocycles. The van der Waals surface area contributed by atoms with Crippen molar-refractivity contribution in [1.82, 2.24) is 9.55 Å². The van der Waals surface area contributed by atoms with Crippen molar-refractivity contribution in [2.24, 2.45) is 5.11 Å². The number of H-pyrrole nitrogens is 1. The lowest BCUT2D eigenvalue weighted by molar-refractivity contribution is -0.122. The molecule has 0 radical (unpaired) electrons. The van der Waals surface area contributed by atoms with E-state index in [0.717, 1.165) is 10.8 Å². The van der Waals surface area contributed by atoms with Crippen molar-refractivity contribution in [3.8, 4) is 0 Å². The van der Waals surface area contributed by atoms with Crippen LogP contribution in [0.3, 0.4) is 0 Å². The molecule has 18 heteroatoms. The third kappa shape index (κ3) is 5.16. The number of aliphatic hydroxyl groups is 1. The number of aliphatic hydroxyl groups excluding tert-OH is 1. The number of rotatable bonds is 7. The van der Waals surface area contributed by atoms with Crippen molar-refractivity contribution in [1.29, 1.82) is 0 Å². The topological polar surface area (TPSA) is 246 Å². The van der Waals surface area contributed by atoms with Gasteiger partial charge in [-0.15, -0.1) is 0 Å². The fraction of sp³-hybridized carbons (Fsp3) is 0.600. The van der Waals surface area contributed by atoms with E-state index in [1.165, 1.54) is 6.92 Å². The molecular weight excluding hydrogens is 428 g/mol. The van der Waals surface area contributed by atoms with Gasteiger partial charge in [0.05, 0.1) is 12.7 Å². The van der Waals surface area contributed by atoms with Gasteiger partial charge in [0.15, 0.2) is 5.72 Å². The normalized spacial score (nSPS) is 27.2. The lowest BCUT2D eigenvalue weighted by Crippen LogP contribution is -2.41. The number of aromatic nitrogens is 2. The first-order valence-electron chi connectivity index (χ1n) is 7.27. The Balaban J connectivity index is 2.30. The molecule has 2 heterocycles. The maximum absolute atomic E-state index is 11.9. The summed E-state index contributed by atoms with van der Waals surface area (Å²) in [5.41, 5.74) is 4.97. The smallest absolute Gasteiger partial charge is 0.390 e. The lowest BCUT2D eigenvalue weighted by Gasteiger charge is -2.27. The Hall–Kier alpha value is -1.83. The van der Waals surface area contributed by atoms with E-state index in [-0.39, 0.29) is 12.0 Å². The highest BCUT2D eigenvalue weighted by molar-refractivity contribution is 7.60. The number of nitrogens with one attached hydrogen (secondary N) is 1. The highest BCUT2D eigenvalue weighted by atomic mass is 31.3. The van der Waals surface area contributed by atoms with Crippen molar-refractivity contribution < 1.29 is 42.5 Å². The standard InChI is InChI=1S/C10H15N5O11P2/c1-5-3-15(9(18)12-8(5)17)7-2-6(16)10(25-7,13-14-11)4-24-28(22,23)26-27(19,20)21/h3,6-7,16H,2,4H2,1H3,(H,22,23)(H,12,17,18)(H2,19,20,21)/t6-,7+,10+/m0/s1. The van der Waals surface area contributed by atoms with Crippen LogP contribution >= 0.6 is 15.6 Å². The van der Waals surface area contributed by atoms with Crippen LogP contribution in [0.25, 0.3) is 10.4 Å². The molecule has 0 bridgehead atoms. The van der Waals surface area contributed by atoms with Crippen LogP contribution in [0.1, 0.15) is 18.2 Å². The Morgan fingerprint density at radius 1 is 1.46 bits per heavy atom. The van der Waals surface area contributed by atoms with Crippen LogP contribution in [0.5, 0.6) is 0 Å². The minimum atomic E-state index is -5.40. The maximum atomic E-state index is 11.9. The quantitative estimate of drug-likeness (QED) is 0.153. The minimum absolute atomic E-state index is 0.130. The molecule has 1 aliphatic rings. The Morgan fingerprint density at radius 3 is 2.68 bits per heavy atom. The molecule has 0 amide bonds. The summed E-state index contributed by atoms with van der Waals surface area (Å²) in [6, 6.07) is 0. The average Bonchev–Trinajstić information content (AvgIpc) is 2.84. The van der Waals surface area contributed by atoms with E-state index in [4.69, 9.17) is 20.1 Å². The number of phosphoric acid groups is 2. The van der Waals surface area contributed by atoms with Gasteiger partial charge in [0.1, 0.15) is 6.23 Å². The number of azide groups is 1. The Labute approximate surface area is 154 Å². The van der Waals surface area contributed by atoms with Crippen LogP contribution < -0.4 is 11.2 Å². The van der Waals surface area contributed by atoms with Gasteiger partial charge < -0.3 is 24.5 Å². The first-order valence-corrected chi connectivity index (χ1v) is 10.3. The summed E-state index contributed by atoms with van der Waals surface area (Å²) in [6.07, 6.45) is -2.17. The molecule has 1 saturated heterocycles. The van der Waals surface area contributed by atoms with Gasteiger partial charge in [-0.2, -0.15) is 4.31 Å². The number of aryl methyl sites for hydroxylation is 1. The summed E-state index contributed by atoms with van der Waals surface area (Å²) in [5.74, 6) is 0. The molecule has 0 aliphatic carbocycles. The molecule has 1 aliphatic heterocycles. The zero-order valence-corrected chi connectivity index (χ0v) is 15.8. The van der Waals surface area contributed by atoms with Crippen molar-refractivity contribution in [3.05, 3.63) is 43.0 Å². The fourth-order valence-electron chi connectivity index (χ4n) is 2.36. The molecular formula is C10H15N5O11P2. The average molecular weight is 443 g/mol. The monoisotopic (exact) mass is 443 g/mol. The van der Waals surface area contributed by atoms with Crippen LogP contribution in [0.2, 0.25) is 0 Å². The van der Waals surface area contributed by atoms with E-state index in [9.17, 15) is 28.7 Å². The molecule has 28 heavy (non-hydrogen) atoms. The van der Waals surface area contributed by atoms with Crippen LogP contribution in [0.15, 0.2) is 20.9 Å². The number of ether oxygens (including phenoxy) is 1. The molecule has 0 saturated carbocycles. The van der Waals surface area contributed by atoms with Crippen LogP contribution in [-0.4, -0.2) is 47.8 Å². The summed E-state index contributed by atoms with van der Waals surface area (Å²) >= 11 is 0. The van der Waals surface area contributed by atoms with Crippen molar-refractivity contribution in [2.75, 3.05) is 6.61 Å². The summed E-state index contributed by atoms with van der Waals surface area (Å²) in [5, 5.41) is 13.4. The Bertz CT molecular complexity index is 1010. The van der Waals surface area contributed by atoms with Gasteiger partial charge in [-0.1, -0.05) is 5.11 Å². The summed E-state index contributed by atoms with van der Waals surface area (Å²) < 4.78 is 36.5. The van der Waals surface area contributed by atoms with Gasteiger partial charge in [-0.05, 0) is 12.5 Å². The predicted molar refractivity (Wildman–Crippen MR) is 87.6 cm³/mol. The SMILES string of the molecule is Cc1cn([C@H]2C[C@H](O)[C@](COP(=O)(O)OP(=O)(O)O)(N=[N+]=[N-])O2)c(=O)[nH]c1=O. The van der Waals surface area contributed by atoms with Gasteiger partial charge in [-0.25, -0.2) is 13.9 Å². The number of phosphoric ester groups is 1. The number of nitrogens with zero attached hydrogens (tertiary/aromatic N) is 4. The highest BCUT2D eigenvalue weighted by Gasteiger charge is 2.51. The zero-order chi connectivity index (χ0) is 21.3. The Kier molecular flexibility index (Phi) is 6.33. The predicted octanol–water partition coefficient (Wildman–Crippen LogP) is -0.642. The summed E-state index contributed by atoms with van der Waals surface area (Å²) in [4.78, 5) is 54.3. The molecule has 1 unspecified atom stereocenters. The van der Waals surface area contributed by atoms with E-state index in [2.05, 4.69) is 18.9 Å². The third-order valence-electron chi connectivity index (χ3n) is 3.60. The lowest BCUT2D eigenvalue weighted by atomic mass is 10.1. The second kappa shape index (κ2) is 7.89. The van der Waals surface area contributed by atoms with Gasteiger partial charge in [-0.3, -0.25) is 18.9 Å². The highest BCUT2D eigenvalue weighted by Crippen LogP contribution is 2.58. The van der Waals surface area contributed by atoms with E-state index in [1.807, 2.05) is 4.98 Å². The van der Waals surface area contributed by atoms with E-state index >= 15 is 0 Å². The summed E-state index contributed by atoms with van der Waals surface area (Å²) in [6.45, 7) is 0.241. The molecule has 156 valence electrons. The van der Waals surface area contributed by atoms with E-state index < -0.39 is 51.6 Å². The van der Waals surface area contributed by atoms with Crippen LogP contribution in [-0.2, 0) is 22.7 Å². The van der Waals surface area contributed by atoms with Crippen molar-refractivity contribution >= 4 is 15.6 Å². The summed E-state index contributed by atoms with van der Waals surface area (Å²) in [7, 11) is -10.7. The second-order valence-corrected chi connectivity index (χ2v) is 8.48. The van der Waals surface area contributed by atoms with Crippen molar-refractivity contribution in [3.63, 3.8) is 0 Å². The minimum Gasteiger partial charge on any atom is -0.390 e. The van der Waals surface area contributed by atoms with Crippen molar-refractivity contribution in [2.45, 2.75) is 31.4 Å². The molecule has 4 atom stereocenters. The van der Waals surface area contributed by atoms with Crippen LogP contribution in [0, 0.1) is 6.92 Å². The fourth-order valence-corrected chi connectivity index (χ4v) is 3.98. The van der Waals surface area contributed by atoms with E-state index in [1.54, 1.807) is 0 Å². The first-order chi connectivity index (χ1) is 12.8. The van der Waals surface area contributed by atoms with Gasteiger partial charge in [0.2, 0.25) is 0 Å². The third-order valence-corrected chi connectivity index (χ3v) is 5.73. The molecule has 0 spiro atoms. The van der Waals surface area contributed by atoms with E-state index in [0.29, 0.717) is 0 Å².